The number of nitro benzene ring substituents is 1. The number of nitro groups is 1. The quantitative estimate of drug-likeness (QED) is 0.540. The summed E-state index contributed by atoms with van der Waals surface area (Å²) in [5.74, 6) is -1.33. The van der Waals surface area contributed by atoms with E-state index in [1.807, 2.05) is 0 Å². The predicted octanol–water partition coefficient (Wildman–Crippen LogP) is 3.43. The fourth-order valence-electron chi connectivity index (χ4n) is 4.04. The summed E-state index contributed by atoms with van der Waals surface area (Å²) in [5, 5.41) is 14.6. The maximum Gasteiger partial charge on any atom is 0.295 e. The molecule has 0 aromatic heterocycles. The SMILES string of the molecule is O=C(c1ccc(F)cc1)N1CCN(c2cc(NCC3CCCO3)c(F)cc2[N+](=O)[O-])CC1. The topological polar surface area (TPSA) is 88.0 Å². The minimum absolute atomic E-state index is 0.00550. The Labute approximate surface area is 183 Å². The van der Waals surface area contributed by atoms with Crippen molar-refractivity contribution < 1.29 is 23.2 Å². The number of piperazine rings is 1. The molecule has 1 unspecified atom stereocenters. The van der Waals surface area contributed by atoms with Crippen molar-refractivity contribution in [1.82, 2.24) is 4.90 Å². The summed E-state index contributed by atoms with van der Waals surface area (Å²) in [6.45, 7) is 2.48. The van der Waals surface area contributed by atoms with Gasteiger partial charge in [0.25, 0.3) is 11.6 Å². The van der Waals surface area contributed by atoms with Gasteiger partial charge in [-0.3, -0.25) is 14.9 Å². The van der Waals surface area contributed by atoms with Crippen LogP contribution in [0.15, 0.2) is 36.4 Å². The van der Waals surface area contributed by atoms with Gasteiger partial charge in [-0.2, -0.15) is 0 Å². The molecule has 8 nitrogen and oxygen atoms in total. The molecule has 2 saturated heterocycles. The Balaban J connectivity index is 1.47. The van der Waals surface area contributed by atoms with Crippen LogP contribution in [-0.2, 0) is 4.74 Å². The highest BCUT2D eigenvalue weighted by molar-refractivity contribution is 5.94. The zero-order valence-corrected chi connectivity index (χ0v) is 17.4. The second kappa shape index (κ2) is 9.47. The molecule has 32 heavy (non-hydrogen) atoms. The summed E-state index contributed by atoms with van der Waals surface area (Å²) < 4.78 is 33.2. The number of rotatable bonds is 6. The highest BCUT2D eigenvalue weighted by Gasteiger charge is 2.28. The highest BCUT2D eigenvalue weighted by Crippen LogP contribution is 2.34. The van der Waals surface area contributed by atoms with Gasteiger partial charge in [0.1, 0.15) is 11.5 Å². The largest absolute Gasteiger partial charge is 0.380 e. The van der Waals surface area contributed by atoms with Gasteiger partial charge in [0.2, 0.25) is 0 Å². The maximum absolute atomic E-state index is 14.5. The Bertz CT molecular complexity index is 988. The van der Waals surface area contributed by atoms with Crippen LogP contribution in [0.2, 0.25) is 0 Å². The normalized spacial score (nSPS) is 18.6. The van der Waals surface area contributed by atoms with Crippen LogP contribution in [0, 0.1) is 21.7 Å². The number of ether oxygens (including phenoxy) is 1. The van der Waals surface area contributed by atoms with Crippen molar-refractivity contribution in [2.75, 3.05) is 49.5 Å². The first-order valence-electron chi connectivity index (χ1n) is 10.6. The number of benzene rings is 2. The average Bonchev–Trinajstić information content (AvgIpc) is 3.32. The molecule has 2 fully saturated rings. The molecule has 0 saturated carbocycles. The minimum atomic E-state index is -0.691. The van der Waals surface area contributed by atoms with Gasteiger partial charge in [0.15, 0.2) is 5.82 Å². The van der Waals surface area contributed by atoms with Gasteiger partial charge >= 0.3 is 0 Å². The summed E-state index contributed by atoms with van der Waals surface area (Å²) in [6.07, 6.45) is 1.84. The molecule has 2 heterocycles. The van der Waals surface area contributed by atoms with Gasteiger partial charge in [-0.1, -0.05) is 0 Å². The second-order valence-electron chi connectivity index (χ2n) is 7.88. The van der Waals surface area contributed by atoms with E-state index in [-0.39, 0.29) is 23.4 Å². The van der Waals surface area contributed by atoms with Crippen LogP contribution >= 0.6 is 0 Å². The lowest BCUT2D eigenvalue weighted by Gasteiger charge is -2.36. The van der Waals surface area contributed by atoms with Crippen molar-refractivity contribution in [3.63, 3.8) is 0 Å². The van der Waals surface area contributed by atoms with Gasteiger partial charge in [0, 0.05) is 44.9 Å². The lowest BCUT2D eigenvalue weighted by atomic mass is 10.1. The molecule has 1 N–H and O–H groups in total. The molecule has 2 aromatic rings. The molecule has 2 aromatic carbocycles. The smallest absolute Gasteiger partial charge is 0.295 e. The monoisotopic (exact) mass is 446 g/mol. The summed E-state index contributed by atoms with van der Waals surface area (Å²) in [6, 6.07) is 7.72. The molecule has 0 bridgehead atoms. The Morgan fingerprint density at radius 3 is 2.50 bits per heavy atom. The van der Waals surface area contributed by atoms with Crippen LogP contribution in [0.25, 0.3) is 0 Å². The predicted molar refractivity (Wildman–Crippen MR) is 115 cm³/mol. The Hall–Kier alpha value is -3.27. The van der Waals surface area contributed by atoms with Crippen LogP contribution in [-0.4, -0.2) is 61.2 Å². The second-order valence-corrected chi connectivity index (χ2v) is 7.88. The van der Waals surface area contributed by atoms with E-state index in [0.29, 0.717) is 50.6 Å². The number of nitrogens with one attached hydrogen (secondary N) is 1. The Morgan fingerprint density at radius 1 is 1.16 bits per heavy atom. The van der Waals surface area contributed by atoms with Gasteiger partial charge in [-0.25, -0.2) is 8.78 Å². The van der Waals surface area contributed by atoms with Gasteiger partial charge in [0.05, 0.1) is 22.8 Å². The molecule has 0 radical (unpaired) electrons. The van der Waals surface area contributed by atoms with Crippen LogP contribution < -0.4 is 10.2 Å². The zero-order chi connectivity index (χ0) is 22.7. The zero-order valence-electron chi connectivity index (χ0n) is 17.4. The summed E-state index contributed by atoms with van der Waals surface area (Å²) in [4.78, 5) is 27.0. The Kier molecular flexibility index (Phi) is 6.50. The van der Waals surface area contributed by atoms with E-state index in [1.165, 1.54) is 30.3 Å². The number of halogens is 2. The third-order valence-corrected chi connectivity index (χ3v) is 5.80. The van der Waals surface area contributed by atoms with E-state index in [0.717, 1.165) is 18.9 Å². The van der Waals surface area contributed by atoms with Gasteiger partial charge in [-0.15, -0.1) is 0 Å². The number of hydrogen-bond donors (Lipinski definition) is 1. The molecule has 0 aliphatic carbocycles. The van der Waals surface area contributed by atoms with E-state index in [1.54, 1.807) is 9.80 Å². The van der Waals surface area contributed by atoms with Crippen molar-refractivity contribution in [2.24, 2.45) is 0 Å². The molecule has 2 aliphatic heterocycles. The molecule has 2 aliphatic rings. The van der Waals surface area contributed by atoms with Crippen LogP contribution in [0.1, 0.15) is 23.2 Å². The van der Waals surface area contributed by atoms with Crippen molar-refractivity contribution in [2.45, 2.75) is 18.9 Å². The summed E-state index contributed by atoms with van der Waals surface area (Å²) >= 11 is 0. The van der Waals surface area contributed by atoms with Gasteiger partial charge < -0.3 is 19.9 Å². The molecular weight excluding hydrogens is 422 g/mol. The standard InChI is InChI=1S/C22H24F2N4O4/c23-16-5-3-15(4-6-16)22(29)27-9-7-26(8-10-27)20-13-19(18(24)12-21(20)28(30)31)25-14-17-2-1-11-32-17/h3-6,12-13,17,25H,1-2,7-11,14H2. The van der Waals surface area contributed by atoms with Crippen molar-refractivity contribution in [1.29, 1.82) is 0 Å². The van der Waals surface area contributed by atoms with Crippen molar-refractivity contribution in [3.05, 3.63) is 63.7 Å². The fraction of sp³-hybridized carbons (Fsp3) is 0.409. The fourth-order valence-corrected chi connectivity index (χ4v) is 4.04. The lowest BCUT2D eigenvalue weighted by molar-refractivity contribution is -0.384. The first kappa shape index (κ1) is 21.9. The number of anilines is 2. The molecular formula is C22H24F2N4O4. The third-order valence-electron chi connectivity index (χ3n) is 5.80. The van der Waals surface area contributed by atoms with E-state index in [2.05, 4.69) is 5.32 Å². The number of hydrogen-bond acceptors (Lipinski definition) is 6. The molecule has 1 atom stereocenters. The number of nitrogens with zero attached hydrogens (tertiary/aromatic N) is 3. The van der Waals surface area contributed by atoms with E-state index < -0.39 is 16.6 Å². The summed E-state index contributed by atoms with van der Waals surface area (Å²) in [5.41, 5.74) is 0.558. The van der Waals surface area contributed by atoms with E-state index >= 15 is 0 Å². The molecule has 10 heteroatoms. The lowest BCUT2D eigenvalue weighted by Crippen LogP contribution is -2.49. The first-order chi connectivity index (χ1) is 15.4. The van der Waals surface area contributed by atoms with Crippen LogP contribution in [0.4, 0.5) is 25.8 Å². The number of amides is 1. The average molecular weight is 446 g/mol. The molecule has 0 spiro atoms. The highest BCUT2D eigenvalue weighted by atomic mass is 19.1. The first-order valence-corrected chi connectivity index (χ1v) is 10.6. The Morgan fingerprint density at radius 2 is 1.88 bits per heavy atom. The van der Waals surface area contributed by atoms with Crippen molar-refractivity contribution in [3.8, 4) is 0 Å². The summed E-state index contributed by atoms with van der Waals surface area (Å²) in [7, 11) is 0. The van der Waals surface area contributed by atoms with Gasteiger partial charge in [-0.05, 0) is 43.2 Å². The number of carbonyl (C=O) groups excluding carboxylic acids is 1. The molecule has 170 valence electrons. The van der Waals surface area contributed by atoms with Crippen molar-refractivity contribution >= 4 is 23.0 Å². The van der Waals surface area contributed by atoms with Crippen LogP contribution in [0.5, 0.6) is 0 Å². The maximum atomic E-state index is 14.5. The third kappa shape index (κ3) is 4.80. The molecule has 4 rings (SSSR count). The van der Waals surface area contributed by atoms with Crippen LogP contribution in [0.3, 0.4) is 0 Å². The minimum Gasteiger partial charge on any atom is -0.380 e. The van der Waals surface area contributed by atoms with E-state index in [9.17, 15) is 23.7 Å². The van der Waals surface area contributed by atoms with E-state index in [4.69, 9.17) is 4.74 Å². The number of carbonyl (C=O) groups is 1. The molecule has 1 amide bonds.